The smallest absolute Gasteiger partial charge is 0.416 e. The summed E-state index contributed by atoms with van der Waals surface area (Å²) >= 11 is 0. The van der Waals surface area contributed by atoms with Gasteiger partial charge in [0.2, 0.25) is 0 Å². The summed E-state index contributed by atoms with van der Waals surface area (Å²) in [5, 5.41) is 11.2. The lowest BCUT2D eigenvalue weighted by molar-refractivity contribution is -0.385. The zero-order chi connectivity index (χ0) is 18.8. The molecule has 0 fully saturated rings. The third-order valence-electron chi connectivity index (χ3n) is 3.23. The molecule has 25 heavy (non-hydrogen) atoms. The molecule has 0 atom stereocenters. The number of esters is 1. The van der Waals surface area contributed by atoms with Crippen LogP contribution in [0.15, 0.2) is 48.4 Å². The van der Waals surface area contributed by atoms with Gasteiger partial charge in [-0.15, -0.1) is 0 Å². The van der Waals surface area contributed by atoms with Gasteiger partial charge in [0.25, 0.3) is 5.69 Å². The molecule has 1 aliphatic rings. The molecule has 0 aliphatic carbocycles. The molecule has 0 aromatic heterocycles. The second kappa shape index (κ2) is 6.80. The van der Waals surface area contributed by atoms with Gasteiger partial charge in [0, 0.05) is 11.6 Å². The number of carbonyl (C=O) groups excluding carboxylic acids is 1. The van der Waals surface area contributed by atoms with Gasteiger partial charge in [0.05, 0.1) is 34.5 Å². The number of carbonyl (C=O) groups is 1. The molecule has 2 rings (SSSR count). The van der Waals surface area contributed by atoms with Crippen molar-refractivity contribution in [1.29, 1.82) is 0 Å². The van der Waals surface area contributed by atoms with Crippen molar-refractivity contribution in [2.45, 2.75) is 13.1 Å². The Morgan fingerprint density at radius 3 is 2.64 bits per heavy atom. The molecule has 1 aromatic carbocycles. The lowest BCUT2D eigenvalue weighted by Crippen LogP contribution is -2.14. The molecule has 132 valence electrons. The van der Waals surface area contributed by atoms with Crippen molar-refractivity contribution in [2.75, 3.05) is 6.61 Å². The summed E-state index contributed by atoms with van der Waals surface area (Å²) in [5.41, 5.74) is -2.48. The average molecular weight is 355 g/mol. The molecule has 6 nitrogen and oxygen atoms in total. The molecule has 9 heteroatoms. The molecule has 1 aliphatic heterocycles. The number of benzene rings is 1. The zero-order valence-corrected chi connectivity index (χ0v) is 12.9. The van der Waals surface area contributed by atoms with Crippen molar-refractivity contribution in [3.8, 4) is 0 Å². The van der Waals surface area contributed by atoms with Gasteiger partial charge in [-0.1, -0.05) is 6.58 Å². The maximum absolute atomic E-state index is 13.0. The number of nitrogens with zero attached hydrogens (tertiary/aromatic N) is 1. The number of allylic oxidation sites excluding steroid dienone is 1. The quantitative estimate of drug-likeness (QED) is 0.464. The van der Waals surface area contributed by atoms with E-state index in [1.54, 1.807) is 6.92 Å². The average Bonchev–Trinajstić information content (AvgIpc) is 2.53. The predicted octanol–water partition coefficient (Wildman–Crippen LogP) is 3.99. The highest BCUT2D eigenvalue weighted by Crippen LogP contribution is 2.39. The Labute approximate surface area is 140 Å². The van der Waals surface area contributed by atoms with E-state index < -0.39 is 33.9 Å². The minimum atomic E-state index is -4.71. The van der Waals surface area contributed by atoms with E-state index in [-0.39, 0.29) is 23.5 Å². The highest BCUT2D eigenvalue weighted by atomic mass is 19.4. The Morgan fingerprint density at radius 1 is 1.40 bits per heavy atom. The number of hydrogen-bond donors (Lipinski definition) is 0. The highest BCUT2D eigenvalue weighted by molar-refractivity contribution is 6.08. The van der Waals surface area contributed by atoms with Gasteiger partial charge < -0.3 is 9.47 Å². The Bertz CT molecular complexity index is 808. The van der Waals surface area contributed by atoms with Crippen molar-refractivity contribution in [3.63, 3.8) is 0 Å². The number of rotatable bonds is 4. The van der Waals surface area contributed by atoms with Crippen LogP contribution in [0.5, 0.6) is 0 Å². The minimum Gasteiger partial charge on any atom is -0.465 e. The molecule has 0 bridgehead atoms. The molecule has 0 saturated carbocycles. The fourth-order valence-electron chi connectivity index (χ4n) is 2.14. The summed E-state index contributed by atoms with van der Waals surface area (Å²) in [6.07, 6.45) is -2.62. The maximum atomic E-state index is 13.0. The summed E-state index contributed by atoms with van der Waals surface area (Å²) in [4.78, 5) is 22.4. The molecule has 1 heterocycles. The van der Waals surface area contributed by atoms with E-state index in [1.165, 1.54) is 0 Å². The van der Waals surface area contributed by atoms with Crippen molar-refractivity contribution >= 4 is 17.2 Å². The highest BCUT2D eigenvalue weighted by Gasteiger charge is 2.34. The van der Waals surface area contributed by atoms with Gasteiger partial charge >= 0.3 is 12.1 Å². The van der Waals surface area contributed by atoms with E-state index in [4.69, 9.17) is 9.47 Å². The Morgan fingerprint density at radius 2 is 2.08 bits per heavy atom. The summed E-state index contributed by atoms with van der Waals surface area (Å²) in [6.45, 7) is 5.04. The monoisotopic (exact) mass is 355 g/mol. The predicted molar refractivity (Wildman–Crippen MR) is 81.0 cm³/mol. The Hall–Kier alpha value is -3.10. The van der Waals surface area contributed by atoms with E-state index in [2.05, 4.69) is 6.58 Å². The summed E-state index contributed by atoms with van der Waals surface area (Å²) < 4.78 is 48.8. The Kier molecular flexibility index (Phi) is 4.96. The molecular formula is C16H12F3NO5. The van der Waals surface area contributed by atoms with Gasteiger partial charge in [-0.3, -0.25) is 10.1 Å². The van der Waals surface area contributed by atoms with Crippen LogP contribution in [0.4, 0.5) is 18.9 Å². The van der Waals surface area contributed by atoms with Crippen LogP contribution < -0.4 is 0 Å². The fraction of sp³-hybridized carbons (Fsp3) is 0.188. The molecule has 0 radical (unpaired) electrons. The second-order valence-electron chi connectivity index (χ2n) is 4.88. The van der Waals surface area contributed by atoms with Crippen LogP contribution >= 0.6 is 0 Å². The van der Waals surface area contributed by atoms with Gasteiger partial charge in [0.1, 0.15) is 5.76 Å². The van der Waals surface area contributed by atoms with E-state index >= 15 is 0 Å². The van der Waals surface area contributed by atoms with Gasteiger partial charge in [0.15, 0.2) is 0 Å². The molecule has 1 aromatic rings. The van der Waals surface area contributed by atoms with Crippen molar-refractivity contribution < 1.29 is 32.4 Å². The molecule has 0 N–H and O–H groups in total. The standard InChI is InChI=1S/C16H12F3NO5/c1-3-24-15(21)12-6-9(2)25-8-13(12)11-7-10(16(17,18)19)4-5-14(11)20(22)23/h4-8H,2-3H2,1H3. The van der Waals surface area contributed by atoms with Crippen molar-refractivity contribution in [3.05, 3.63) is 69.7 Å². The van der Waals surface area contributed by atoms with Crippen LogP contribution in [0.1, 0.15) is 18.1 Å². The molecule has 0 amide bonds. The SMILES string of the molecule is C=C1C=C(C(=O)OCC)C(c2cc(C(F)(F)F)ccc2[N+](=O)[O-])=CO1. The van der Waals surface area contributed by atoms with E-state index in [1.807, 2.05) is 0 Å². The van der Waals surface area contributed by atoms with Crippen LogP contribution in [0.3, 0.4) is 0 Å². The number of halogens is 3. The van der Waals surface area contributed by atoms with E-state index in [9.17, 15) is 28.1 Å². The van der Waals surface area contributed by atoms with Crippen LogP contribution in [0.25, 0.3) is 5.57 Å². The van der Waals surface area contributed by atoms with Crippen LogP contribution in [0, 0.1) is 10.1 Å². The van der Waals surface area contributed by atoms with E-state index in [0.29, 0.717) is 12.1 Å². The first kappa shape index (κ1) is 18.2. The first-order chi connectivity index (χ1) is 11.6. The third-order valence-corrected chi connectivity index (χ3v) is 3.23. The van der Waals surface area contributed by atoms with Gasteiger partial charge in [-0.25, -0.2) is 4.79 Å². The number of ether oxygens (including phenoxy) is 2. The first-order valence-corrected chi connectivity index (χ1v) is 6.96. The molecular weight excluding hydrogens is 343 g/mol. The first-order valence-electron chi connectivity index (χ1n) is 6.96. The van der Waals surface area contributed by atoms with Crippen LogP contribution in [-0.4, -0.2) is 17.5 Å². The summed E-state index contributed by atoms with van der Waals surface area (Å²) in [6, 6.07) is 1.91. The van der Waals surface area contributed by atoms with Crippen LogP contribution in [-0.2, 0) is 20.4 Å². The third kappa shape index (κ3) is 3.87. The van der Waals surface area contributed by atoms with E-state index in [0.717, 1.165) is 18.4 Å². The lowest BCUT2D eigenvalue weighted by Gasteiger charge is -2.18. The second-order valence-corrected chi connectivity index (χ2v) is 4.88. The summed E-state index contributed by atoms with van der Waals surface area (Å²) in [5.74, 6) is -0.814. The molecule has 0 saturated heterocycles. The minimum absolute atomic E-state index is 0.0153. The number of nitro benzene ring substituents is 1. The number of nitro groups is 1. The van der Waals surface area contributed by atoms with Crippen LogP contribution in [0.2, 0.25) is 0 Å². The van der Waals surface area contributed by atoms with Gasteiger partial charge in [-0.2, -0.15) is 13.2 Å². The normalized spacial score (nSPS) is 14.3. The fourth-order valence-corrected chi connectivity index (χ4v) is 2.14. The van der Waals surface area contributed by atoms with Crippen molar-refractivity contribution in [1.82, 2.24) is 0 Å². The zero-order valence-electron chi connectivity index (χ0n) is 12.9. The molecule has 0 spiro atoms. The van der Waals surface area contributed by atoms with Crippen molar-refractivity contribution in [2.24, 2.45) is 0 Å². The Balaban J connectivity index is 2.65. The molecule has 0 unspecified atom stereocenters. The largest absolute Gasteiger partial charge is 0.465 e. The van der Waals surface area contributed by atoms with Gasteiger partial charge in [-0.05, 0) is 25.1 Å². The maximum Gasteiger partial charge on any atom is 0.416 e. The lowest BCUT2D eigenvalue weighted by atomic mass is 9.94. The number of hydrogen-bond acceptors (Lipinski definition) is 5. The topological polar surface area (TPSA) is 78.7 Å². The summed E-state index contributed by atoms with van der Waals surface area (Å²) in [7, 11) is 0. The number of alkyl halides is 3.